The number of esters is 2. The first-order chi connectivity index (χ1) is 11.0. The van der Waals surface area contributed by atoms with Crippen molar-refractivity contribution in [3.05, 3.63) is 0 Å². The minimum Gasteiger partial charge on any atom is -0.393 e. The monoisotopic (exact) mass is 352 g/mol. The van der Waals surface area contributed by atoms with E-state index in [-0.39, 0.29) is 51.9 Å². The molecule has 0 N–H and O–H groups in total. The largest absolute Gasteiger partial charge is 0.393 e. The van der Waals surface area contributed by atoms with Gasteiger partial charge in [0.05, 0.1) is 12.3 Å². The third-order valence-electron chi connectivity index (χ3n) is 7.90. The summed E-state index contributed by atoms with van der Waals surface area (Å²) >= 11 is 0. The Hall–Kier alpha value is -0.860. The summed E-state index contributed by atoms with van der Waals surface area (Å²) in [5.41, 5.74) is -0.243. The Morgan fingerprint density at radius 2 is 1.44 bits per heavy atom. The summed E-state index contributed by atoms with van der Waals surface area (Å²) in [5.74, 6) is -0.344. The van der Waals surface area contributed by atoms with E-state index < -0.39 is 0 Å². The van der Waals surface area contributed by atoms with Crippen LogP contribution in [-0.2, 0) is 14.3 Å². The summed E-state index contributed by atoms with van der Waals surface area (Å²) in [6.45, 7) is 24.9. The fourth-order valence-corrected chi connectivity index (χ4v) is 4.98. The lowest BCUT2D eigenvalue weighted by Gasteiger charge is -2.60. The summed E-state index contributed by atoms with van der Waals surface area (Å²) in [6, 6.07) is 0. The molecule has 0 aromatic rings. The molecule has 3 atom stereocenters. The lowest BCUT2D eigenvalue weighted by atomic mass is 9.44. The Morgan fingerprint density at radius 3 is 1.76 bits per heavy atom. The Kier molecular flexibility index (Phi) is 5.95. The average Bonchev–Trinajstić information content (AvgIpc) is 2.74. The predicted octanol–water partition coefficient (Wildman–Crippen LogP) is 5.86. The maximum absolute atomic E-state index is 12.5. The normalized spacial score (nSPS) is 23.6. The van der Waals surface area contributed by atoms with Gasteiger partial charge in [0.1, 0.15) is 0 Å². The number of hydrogen-bond donors (Lipinski definition) is 0. The van der Waals surface area contributed by atoms with Crippen molar-refractivity contribution < 1.29 is 14.3 Å². The highest BCUT2D eigenvalue weighted by Gasteiger charge is 2.60. The van der Waals surface area contributed by atoms with Gasteiger partial charge in [0.25, 0.3) is 0 Å². The van der Waals surface area contributed by atoms with Crippen LogP contribution in [0.2, 0.25) is 0 Å². The van der Waals surface area contributed by atoms with Crippen LogP contribution in [-0.4, -0.2) is 11.9 Å². The first-order valence-corrected chi connectivity index (χ1v) is 9.73. The maximum Gasteiger partial charge on any atom is 0.317 e. The third-order valence-corrected chi connectivity index (χ3v) is 7.90. The molecule has 25 heavy (non-hydrogen) atoms. The lowest BCUT2D eigenvalue weighted by molar-refractivity contribution is -0.163. The standard InChI is InChI=1S/C22H40O3/c1-14(2)22(11,16-12-17(23)25-18(16)24)21(9,10)20(7,8)15(3)13-19(4,5)6/h14-16H,12-13H2,1-11H3. The van der Waals surface area contributed by atoms with Crippen molar-refractivity contribution in [2.45, 2.75) is 89.0 Å². The quantitative estimate of drug-likeness (QED) is 0.444. The number of carbonyl (C=O) groups is 2. The molecule has 1 saturated heterocycles. The molecule has 0 radical (unpaired) electrons. The predicted molar refractivity (Wildman–Crippen MR) is 103 cm³/mol. The number of carbonyl (C=O) groups excluding carboxylic acids is 2. The molecular weight excluding hydrogens is 312 g/mol. The lowest BCUT2D eigenvalue weighted by Crippen LogP contribution is -2.56. The molecular formula is C22H40O3. The van der Waals surface area contributed by atoms with Crippen LogP contribution in [0.1, 0.15) is 89.0 Å². The number of rotatable bonds is 6. The molecule has 0 aromatic carbocycles. The number of ether oxygens (including phenoxy) is 1. The van der Waals surface area contributed by atoms with Gasteiger partial charge in [-0.2, -0.15) is 0 Å². The molecule has 0 amide bonds. The third kappa shape index (κ3) is 3.80. The highest BCUT2D eigenvalue weighted by Crippen LogP contribution is 2.63. The van der Waals surface area contributed by atoms with Gasteiger partial charge in [-0.15, -0.1) is 0 Å². The van der Waals surface area contributed by atoms with Gasteiger partial charge in [0.2, 0.25) is 0 Å². The zero-order valence-electron chi connectivity index (χ0n) is 18.4. The molecule has 3 heteroatoms. The zero-order chi connectivity index (χ0) is 20.0. The summed E-state index contributed by atoms with van der Waals surface area (Å²) in [4.78, 5) is 24.3. The van der Waals surface area contributed by atoms with Gasteiger partial charge in [0, 0.05) is 0 Å². The average molecular weight is 353 g/mol. The van der Waals surface area contributed by atoms with Crippen molar-refractivity contribution in [2.24, 2.45) is 39.4 Å². The zero-order valence-corrected chi connectivity index (χ0v) is 18.4. The van der Waals surface area contributed by atoms with Crippen LogP contribution in [0.25, 0.3) is 0 Å². The van der Waals surface area contributed by atoms with E-state index in [1.165, 1.54) is 0 Å². The molecule has 1 aliphatic heterocycles. The van der Waals surface area contributed by atoms with Crippen molar-refractivity contribution in [2.75, 3.05) is 0 Å². The van der Waals surface area contributed by atoms with Crippen LogP contribution < -0.4 is 0 Å². The maximum atomic E-state index is 12.5. The van der Waals surface area contributed by atoms with Crippen molar-refractivity contribution in [3.8, 4) is 0 Å². The minimum atomic E-state index is -0.377. The molecule has 0 aromatic heterocycles. The number of hydrogen-bond acceptors (Lipinski definition) is 3. The summed E-state index contributed by atoms with van der Waals surface area (Å²) in [5, 5.41) is 0. The SMILES string of the molecule is CC(CC(C)(C)C)C(C)(C)C(C)(C)C(C)(C(C)C)C1CC(=O)OC1=O. The molecule has 1 rings (SSSR count). The summed E-state index contributed by atoms with van der Waals surface area (Å²) in [7, 11) is 0. The Balaban J connectivity index is 3.37. The second kappa shape index (κ2) is 6.70. The molecule has 1 fully saturated rings. The van der Waals surface area contributed by atoms with Crippen LogP contribution in [0.4, 0.5) is 0 Å². The van der Waals surface area contributed by atoms with Crippen LogP contribution in [0.15, 0.2) is 0 Å². The van der Waals surface area contributed by atoms with Gasteiger partial charge >= 0.3 is 11.9 Å². The number of cyclic esters (lactones) is 2. The fourth-order valence-electron chi connectivity index (χ4n) is 4.98. The minimum absolute atomic E-state index is 0.00871. The van der Waals surface area contributed by atoms with E-state index in [1.807, 2.05) is 0 Å². The van der Waals surface area contributed by atoms with E-state index in [2.05, 4.69) is 76.2 Å². The smallest absolute Gasteiger partial charge is 0.317 e. The first-order valence-electron chi connectivity index (χ1n) is 9.73. The first kappa shape index (κ1) is 22.2. The highest BCUT2D eigenvalue weighted by molar-refractivity contribution is 5.95. The van der Waals surface area contributed by atoms with E-state index >= 15 is 0 Å². The van der Waals surface area contributed by atoms with Gasteiger partial charge in [-0.3, -0.25) is 9.59 Å². The Labute approximate surface area is 155 Å². The second-order valence-corrected chi connectivity index (χ2v) is 11.0. The molecule has 0 saturated carbocycles. The van der Waals surface area contributed by atoms with E-state index in [0.717, 1.165) is 6.42 Å². The fraction of sp³-hybridized carbons (Fsp3) is 0.909. The van der Waals surface area contributed by atoms with Gasteiger partial charge in [-0.05, 0) is 39.9 Å². The van der Waals surface area contributed by atoms with Gasteiger partial charge in [-0.25, -0.2) is 0 Å². The molecule has 1 aliphatic rings. The molecule has 0 aliphatic carbocycles. The Morgan fingerprint density at radius 1 is 0.960 bits per heavy atom. The topological polar surface area (TPSA) is 43.4 Å². The molecule has 0 bridgehead atoms. The summed E-state index contributed by atoms with van der Waals surface area (Å²) < 4.78 is 4.94. The van der Waals surface area contributed by atoms with Gasteiger partial charge in [-0.1, -0.05) is 76.2 Å². The van der Waals surface area contributed by atoms with E-state index in [4.69, 9.17) is 4.74 Å². The van der Waals surface area contributed by atoms with E-state index in [0.29, 0.717) is 5.92 Å². The Bertz CT molecular complexity index is 522. The molecule has 3 unspecified atom stereocenters. The molecule has 1 heterocycles. The molecule has 0 spiro atoms. The van der Waals surface area contributed by atoms with Crippen molar-refractivity contribution in [1.29, 1.82) is 0 Å². The molecule has 3 nitrogen and oxygen atoms in total. The van der Waals surface area contributed by atoms with Crippen LogP contribution in [0.5, 0.6) is 0 Å². The van der Waals surface area contributed by atoms with Crippen LogP contribution in [0, 0.1) is 39.4 Å². The van der Waals surface area contributed by atoms with E-state index in [9.17, 15) is 9.59 Å². The van der Waals surface area contributed by atoms with Crippen molar-refractivity contribution in [3.63, 3.8) is 0 Å². The van der Waals surface area contributed by atoms with Crippen LogP contribution in [0.3, 0.4) is 0 Å². The van der Waals surface area contributed by atoms with Gasteiger partial charge in [0.15, 0.2) is 0 Å². The summed E-state index contributed by atoms with van der Waals surface area (Å²) in [6.07, 6.45) is 1.33. The highest BCUT2D eigenvalue weighted by atomic mass is 16.6. The van der Waals surface area contributed by atoms with Crippen molar-refractivity contribution in [1.82, 2.24) is 0 Å². The van der Waals surface area contributed by atoms with Crippen LogP contribution >= 0.6 is 0 Å². The van der Waals surface area contributed by atoms with Gasteiger partial charge < -0.3 is 4.74 Å². The molecule has 146 valence electrons. The van der Waals surface area contributed by atoms with E-state index in [1.54, 1.807) is 0 Å². The van der Waals surface area contributed by atoms with Crippen molar-refractivity contribution >= 4 is 11.9 Å². The second-order valence-electron chi connectivity index (χ2n) is 11.0.